The molecule has 0 fully saturated rings. The van der Waals surface area contributed by atoms with Gasteiger partial charge in [0.1, 0.15) is 0 Å². The first-order chi connectivity index (χ1) is 7.99. The van der Waals surface area contributed by atoms with Gasteiger partial charge in [0.2, 0.25) is 5.91 Å². The molecule has 0 aliphatic heterocycles. The Morgan fingerprint density at radius 2 is 2.18 bits per heavy atom. The maximum Gasteiger partial charge on any atom is 0.224 e. The van der Waals surface area contributed by atoms with Crippen molar-refractivity contribution in [3.05, 3.63) is 35.4 Å². The van der Waals surface area contributed by atoms with Crippen LogP contribution in [0.1, 0.15) is 31.4 Å². The molecule has 1 atom stereocenters. The van der Waals surface area contributed by atoms with Gasteiger partial charge in [-0.1, -0.05) is 36.8 Å². The zero-order chi connectivity index (χ0) is 12.9. The number of nitrogens with two attached hydrogens (primary N) is 1. The van der Waals surface area contributed by atoms with Crippen LogP contribution in [0.5, 0.6) is 0 Å². The number of nitrogens with one attached hydrogen (secondary N) is 1. The molecule has 0 radical (unpaired) electrons. The zero-order valence-electron chi connectivity index (χ0n) is 10.9. The van der Waals surface area contributed by atoms with Gasteiger partial charge < -0.3 is 11.1 Å². The van der Waals surface area contributed by atoms with E-state index in [1.807, 2.05) is 45.0 Å². The molecule has 1 amide bonds. The summed E-state index contributed by atoms with van der Waals surface area (Å²) in [6.07, 6.45) is 1.25. The van der Waals surface area contributed by atoms with Crippen LogP contribution >= 0.6 is 0 Å². The Labute approximate surface area is 103 Å². The number of aryl methyl sites for hydroxylation is 1. The van der Waals surface area contributed by atoms with Gasteiger partial charge in [-0.2, -0.15) is 0 Å². The van der Waals surface area contributed by atoms with Gasteiger partial charge in [0.05, 0.1) is 6.42 Å². The Hall–Kier alpha value is -1.35. The maximum absolute atomic E-state index is 11.9. The Bertz CT molecular complexity index is 384. The van der Waals surface area contributed by atoms with Crippen LogP contribution in [0.2, 0.25) is 0 Å². The second-order valence-corrected chi connectivity index (χ2v) is 4.83. The minimum atomic E-state index is -0.291. The molecule has 0 saturated heterocycles. The third-order valence-corrected chi connectivity index (χ3v) is 3.12. The third-order valence-electron chi connectivity index (χ3n) is 3.12. The van der Waals surface area contributed by atoms with Crippen LogP contribution in [-0.4, -0.2) is 18.0 Å². The molecule has 0 aliphatic rings. The lowest BCUT2D eigenvalue weighted by atomic mass is 9.98. The largest absolute Gasteiger partial charge is 0.349 e. The first-order valence-electron chi connectivity index (χ1n) is 6.06. The van der Waals surface area contributed by atoms with E-state index in [1.165, 1.54) is 5.56 Å². The molecule has 0 heterocycles. The number of hydrogen-bond acceptors (Lipinski definition) is 2. The van der Waals surface area contributed by atoms with E-state index in [-0.39, 0.29) is 11.4 Å². The number of rotatable bonds is 5. The molecule has 17 heavy (non-hydrogen) atoms. The Morgan fingerprint density at radius 1 is 1.47 bits per heavy atom. The summed E-state index contributed by atoms with van der Waals surface area (Å²) in [5.41, 5.74) is 7.59. The molecule has 3 N–H and O–H groups in total. The van der Waals surface area contributed by atoms with E-state index >= 15 is 0 Å². The lowest BCUT2D eigenvalue weighted by Crippen LogP contribution is -2.51. The highest BCUT2D eigenvalue weighted by molar-refractivity contribution is 5.79. The summed E-state index contributed by atoms with van der Waals surface area (Å²) in [4.78, 5) is 11.9. The van der Waals surface area contributed by atoms with E-state index in [1.54, 1.807) is 0 Å². The van der Waals surface area contributed by atoms with Gasteiger partial charge in [-0.25, -0.2) is 0 Å². The molecule has 3 heteroatoms. The number of carbonyl (C=O) groups excluding carboxylic acids is 1. The van der Waals surface area contributed by atoms with Crippen molar-refractivity contribution in [2.45, 2.75) is 39.2 Å². The molecule has 0 saturated carbocycles. The lowest BCUT2D eigenvalue weighted by molar-refractivity contribution is -0.122. The van der Waals surface area contributed by atoms with Gasteiger partial charge >= 0.3 is 0 Å². The highest BCUT2D eigenvalue weighted by Crippen LogP contribution is 2.09. The Kier molecular flexibility index (Phi) is 4.70. The summed E-state index contributed by atoms with van der Waals surface area (Å²) in [6.45, 7) is 6.49. The van der Waals surface area contributed by atoms with E-state index in [4.69, 9.17) is 5.73 Å². The van der Waals surface area contributed by atoms with Gasteiger partial charge in [0.15, 0.2) is 0 Å². The van der Waals surface area contributed by atoms with E-state index in [0.717, 1.165) is 12.0 Å². The van der Waals surface area contributed by atoms with Gasteiger partial charge in [0, 0.05) is 12.1 Å². The Balaban J connectivity index is 2.61. The molecule has 1 unspecified atom stereocenters. The SMILES string of the molecule is CCC(C)(CN)NC(=O)Cc1cccc(C)c1. The second kappa shape index (κ2) is 5.82. The molecular weight excluding hydrogens is 212 g/mol. The van der Waals surface area contributed by atoms with Crippen molar-refractivity contribution in [3.8, 4) is 0 Å². The van der Waals surface area contributed by atoms with E-state index < -0.39 is 0 Å². The number of amides is 1. The summed E-state index contributed by atoms with van der Waals surface area (Å²) in [6, 6.07) is 8.00. The van der Waals surface area contributed by atoms with Crippen molar-refractivity contribution in [1.29, 1.82) is 0 Å². The van der Waals surface area contributed by atoms with Crippen LogP contribution in [0.4, 0.5) is 0 Å². The highest BCUT2D eigenvalue weighted by atomic mass is 16.1. The number of carbonyl (C=O) groups is 1. The average Bonchev–Trinajstić information content (AvgIpc) is 2.28. The van der Waals surface area contributed by atoms with Crippen molar-refractivity contribution in [2.75, 3.05) is 6.54 Å². The lowest BCUT2D eigenvalue weighted by Gasteiger charge is -2.28. The predicted molar refractivity (Wildman–Crippen MR) is 70.8 cm³/mol. The fourth-order valence-electron chi connectivity index (χ4n) is 1.67. The molecule has 3 nitrogen and oxygen atoms in total. The normalized spacial score (nSPS) is 14.1. The van der Waals surface area contributed by atoms with E-state index in [2.05, 4.69) is 5.32 Å². The summed E-state index contributed by atoms with van der Waals surface area (Å²) < 4.78 is 0. The van der Waals surface area contributed by atoms with Crippen LogP contribution in [0.15, 0.2) is 24.3 Å². The van der Waals surface area contributed by atoms with Crippen molar-refractivity contribution in [1.82, 2.24) is 5.32 Å². The fourth-order valence-corrected chi connectivity index (χ4v) is 1.67. The Morgan fingerprint density at radius 3 is 2.71 bits per heavy atom. The average molecular weight is 234 g/mol. The second-order valence-electron chi connectivity index (χ2n) is 4.83. The molecule has 0 aliphatic carbocycles. The topological polar surface area (TPSA) is 55.1 Å². The van der Waals surface area contributed by atoms with Gasteiger partial charge in [-0.15, -0.1) is 0 Å². The standard InChI is InChI=1S/C14H22N2O/c1-4-14(3,10-15)16-13(17)9-12-7-5-6-11(2)8-12/h5-8H,4,9-10,15H2,1-3H3,(H,16,17). The molecule has 1 aromatic carbocycles. The van der Waals surface area contributed by atoms with Gasteiger partial charge in [-0.05, 0) is 25.8 Å². The van der Waals surface area contributed by atoms with Gasteiger partial charge in [-0.3, -0.25) is 4.79 Å². The summed E-state index contributed by atoms with van der Waals surface area (Å²) >= 11 is 0. The highest BCUT2D eigenvalue weighted by Gasteiger charge is 2.22. The van der Waals surface area contributed by atoms with Crippen molar-refractivity contribution >= 4 is 5.91 Å². The molecular formula is C14H22N2O. The van der Waals surface area contributed by atoms with Crippen molar-refractivity contribution in [3.63, 3.8) is 0 Å². The smallest absolute Gasteiger partial charge is 0.224 e. The summed E-state index contributed by atoms with van der Waals surface area (Å²) in [5.74, 6) is 0.0328. The molecule has 1 rings (SSSR count). The predicted octanol–water partition coefficient (Wildman–Crippen LogP) is 1.78. The monoisotopic (exact) mass is 234 g/mol. The number of hydrogen-bond donors (Lipinski definition) is 2. The van der Waals surface area contributed by atoms with Crippen molar-refractivity contribution < 1.29 is 4.79 Å². The molecule has 1 aromatic rings. The first-order valence-corrected chi connectivity index (χ1v) is 6.06. The van der Waals surface area contributed by atoms with E-state index in [0.29, 0.717) is 13.0 Å². The van der Waals surface area contributed by atoms with Gasteiger partial charge in [0.25, 0.3) is 0 Å². The molecule has 94 valence electrons. The molecule has 0 bridgehead atoms. The van der Waals surface area contributed by atoms with Crippen LogP contribution in [0.25, 0.3) is 0 Å². The van der Waals surface area contributed by atoms with Crippen molar-refractivity contribution in [2.24, 2.45) is 5.73 Å². The minimum Gasteiger partial charge on any atom is -0.349 e. The quantitative estimate of drug-likeness (QED) is 0.816. The minimum absolute atomic E-state index is 0.0328. The summed E-state index contributed by atoms with van der Waals surface area (Å²) in [7, 11) is 0. The first kappa shape index (κ1) is 13.7. The van der Waals surface area contributed by atoms with Crippen LogP contribution < -0.4 is 11.1 Å². The number of benzene rings is 1. The summed E-state index contributed by atoms with van der Waals surface area (Å²) in [5, 5.41) is 3.00. The zero-order valence-corrected chi connectivity index (χ0v) is 10.9. The molecule has 0 spiro atoms. The van der Waals surface area contributed by atoms with E-state index in [9.17, 15) is 4.79 Å². The maximum atomic E-state index is 11.9. The fraction of sp³-hybridized carbons (Fsp3) is 0.500. The molecule has 0 aromatic heterocycles. The van der Waals surface area contributed by atoms with Crippen LogP contribution in [0, 0.1) is 6.92 Å². The van der Waals surface area contributed by atoms with Crippen LogP contribution in [0.3, 0.4) is 0 Å². The van der Waals surface area contributed by atoms with Crippen LogP contribution in [-0.2, 0) is 11.2 Å². The third kappa shape index (κ3) is 4.19.